The number of likely N-dealkylation sites (tertiary alicyclic amines) is 1. The van der Waals surface area contributed by atoms with Crippen LogP contribution in [0.25, 0.3) is 0 Å². The summed E-state index contributed by atoms with van der Waals surface area (Å²) < 4.78 is 13.5. The van der Waals surface area contributed by atoms with E-state index in [-0.39, 0.29) is 23.5 Å². The van der Waals surface area contributed by atoms with Crippen molar-refractivity contribution < 1.29 is 9.18 Å². The second-order valence-electron chi connectivity index (χ2n) is 3.83. The molecule has 1 heterocycles. The zero-order valence-corrected chi connectivity index (χ0v) is 10.1. The van der Waals surface area contributed by atoms with Crippen LogP contribution in [-0.4, -0.2) is 22.6 Å². The second kappa shape index (κ2) is 4.63. The number of carbonyl (C=O) groups excluding carboxylic acids is 1. The van der Waals surface area contributed by atoms with Crippen LogP contribution >= 0.6 is 24.2 Å². The van der Waals surface area contributed by atoms with Crippen molar-refractivity contribution in [3.05, 3.63) is 34.6 Å². The summed E-state index contributed by atoms with van der Waals surface area (Å²) >= 11 is 10.1. The molecule has 0 N–H and O–H groups in total. The monoisotopic (exact) mass is 259 g/mol. The van der Waals surface area contributed by atoms with E-state index in [4.69, 9.17) is 11.6 Å². The van der Waals surface area contributed by atoms with Gasteiger partial charge in [0.1, 0.15) is 5.82 Å². The molecule has 1 fully saturated rings. The molecule has 2 nitrogen and oxygen atoms in total. The number of carbonyl (C=O) groups is 1. The molecule has 1 aromatic rings. The lowest BCUT2D eigenvalue weighted by atomic mass is 10.2. The summed E-state index contributed by atoms with van der Waals surface area (Å²) in [7, 11) is 0. The Morgan fingerprint density at radius 1 is 1.56 bits per heavy atom. The Balaban J connectivity index is 2.18. The topological polar surface area (TPSA) is 20.3 Å². The van der Waals surface area contributed by atoms with Crippen molar-refractivity contribution >= 4 is 30.1 Å². The van der Waals surface area contributed by atoms with Crippen molar-refractivity contribution in [3.63, 3.8) is 0 Å². The third-order valence-electron chi connectivity index (χ3n) is 2.60. The first-order valence-corrected chi connectivity index (χ1v) is 5.86. The standard InChI is InChI=1S/C11H11ClFNOS/c12-9-2-1-3-10(13)8(9)6-14-5-7(16)4-11(14)15/h1-3,7,16H,4-6H2. The lowest BCUT2D eigenvalue weighted by Crippen LogP contribution is -2.25. The first-order valence-electron chi connectivity index (χ1n) is 4.96. The van der Waals surface area contributed by atoms with Gasteiger partial charge in [0.25, 0.3) is 0 Å². The Kier molecular flexibility index (Phi) is 3.40. The van der Waals surface area contributed by atoms with Gasteiger partial charge in [0.15, 0.2) is 0 Å². The van der Waals surface area contributed by atoms with Gasteiger partial charge in [-0.3, -0.25) is 4.79 Å². The van der Waals surface area contributed by atoms with Gasteiger partial charge in [-0.15, -0.1) is 0 Å². The largest absolute Gasteiger partial charge is 0.337 e. The third-order valence-corrected chi connectivity index (χ3v) is 3.30. The number of thiol groups is 1. The second-order valence-corrected chi connectivity index (χ2v) is 4.97. The number of benzene rings is 1. The van der Waals surface area contributed by atoms with Gasteiger partial charge < -0.3 is 4.90 Å². The van der Waals surface area contributed by atoms with E-state index in [0.29, 0.717) is 23.6 Å². The SMILES string of the molecule is O=C1CC(S)CN1Cc1c(F)cccc1Cl. The Morgan fingerprint density at radius 3 is 2.88 bits per heavy atom. The smallest absolute Gasteiger partial charge is 0.224 e. The minimum absolute atomic E-state index is 0.000630. The quantitative estimate of drug-likeness (QED) is 0.810. The van der Waals surface area contributed by atoms with Crippen LogP contribution in [0.3, 0.4) is 0 Å². The lowest BCUT2D eigenvalue weighted by molar-refractivity contribution is -0.128. The fourth-order valence-electron chi connectivity index (χ4n) is 1.78. The molecule has 2 rings (SSSR count). The van der Waals surface area contributed by atoms with Gasteiger partial charge >= 0.3 is 0 Å². The molecule has 0 aromatic heterocycles. The minimum atomic E-state index is -0.372. The number of rotatable bonds is 2. The molecule has 0 radical (unpaired) electrons. The van der Waals surface area contributed by atoms with Crippen LogP contribution in [0.4, 0.5) is 4.39 Å². The van der Waals surface area contributed by atoms with E-state index in [2.05, 4.69) is 12.6 Å². The highest BCUT2D eigenvalue weighted by Crippen LogP contribution is 2.24. The van der Waals surface area contributed by atoms with E-state index in [0.717, 1.165) is 0 Å². The third kappa shape index (κ3) is 2.33. The number of amides is 1. The molecule has 86 valence electrons. The van der Waals surface area contributed by atoms with Crippen LogP contribution in [0.5, 0.6) is 0 Å². The lowest BCUT2D eigenvalue weighted by Gasteiger charge is -2.17. The van der Waals surface area contributed by atoms with Crippen LogP contribution < -0.4 is 0 Å². The maximum atomic E-state index is 13.5. The fourth-order valence-corrected chi connectivity index (χ4v) is 2.35. The van der Waals surface area contributed by atoms with Gasteiger partial charge in [-0.1, -0.05) is 17.7 Å². The summed E-state index contributed by atoms with van der Waals surface area (Å²) in [4.78, 5) is 13.1. The van der Waals surface area contributed by atoms with E-state index in [1.54, 1.807) is 17.0 Å². The normalized spacial score (nSPS) is 20.6. The fraction of sp³-hybridized carbons (Fsp3) is 0.364. The van der Waals surface area contributed by atoms with Gasteiger partial charge in [0.2, 0.25) is 5.91 Å². The molecule has 1 saturated heterocycles. The number of hydrogen-bond donors (Lipinski definition) is 1. The molecule has 1 aromatic carbocycles. The van der Waals surface area contributed by atoms with Crippen molar-refractivity contribution in [2.45, 2.75) is 18.2 Å². The summed E-state index contributed by atoms with van der Waals surface area (Å²) in [6.45, 7) is 0.772. The molecule has 0 saturated carbocycles. The molecular formula is C11H11ClFNOS. The highest BCUT2D eigenvalue weighted by atomic mass is 35.5. The van der Waals surface area contributed by atoms with Gasteiger partial charge in [0.05, 0.1) is 6.54 Å². The molecule has 1 aliphatic heterocycles. The highest BCUT2D eigenvalue weighted by Gasteiger charge is 2.28. The van der Waals surface area contributed by atoms with Gasteiger partial charge in [-0.2, -0.15) is 12.6 Å². The molecular weight excluding hydrogens is 249 g/mol. The maximum Gasteiger partial charge on any atom is 0.224 e. The first-order chi connectivity index (χ1) is 7.58. The minimum Gasteiger partial charge on any atom is -0.337 e. The van der Waals surface area contributed by atoms with Gasteiger partial charge in [0, 0.05) is 28.8 Å². The van der Waals surface area contributed by atoms with Crippen molar-refractivity contribution in [3.8, 4) is 0 Å². The molecule has 1 unspecified atom stereocenters. The van der Waals surface area contributed by atoms with E-state index in [1.807, 2.05) is 0 Å². The van der Waals surface area contributed by atoms with Crippen molar-refractivity contribution in [2.75, 3.05) is 6.54 Å². The first kappa shape index (κ1) is 11.7. The van der Waals surface area contributed by atoms with E-state index >= 15 is 0 Å². The molecule has 1 aliphatic rings. The Hall–Kier alpha value is -0.740. The van der Waals surface area contributed by atoms with Crippen LogP contribution in [0.15, 0.2) is 18.2 Å². The zero-order valence-electron chi connectivity index (χ0n) is 8.49. The molecule has 5 heteroatoms. The molecule has 0 spiro atoms. The predicted molar refractivity (Wildman–Crippen MR) is 64.2 cm³/mol. The van der Waals surface area contributed by atoms with Crippen LogP contribution in [0.1, 0.15) is 12.0 Å². The van der Waals surface area contributed by atoms with Crippen molar-refractivity contribution in [1.82, 2.24) is 4.90 Å². The molecule has 0 aliphatic carbocycles. The van der Waals surface area contributed by atoms with Crippen LogP contribution in [0.2, 0.25) is 5.02 Å². The number of hydrogen-bond acceptors (Lipinski definition) is 2. The zero-order chi connectivity index (χ0) is 11.7. The Morgan fingerprint density at radius 2 is 2.31 bits per heavy atom. The molecule has 16 heavy (non-hydrogen) atoms. The Labute approximate surface area is 104 Å². The average Bonchev–Trinajstić information content (AvgIpc) is 2.51. The Bertz CT molecular complexity index is 406. The maximum absolute atomic E-state index is 13.5. The molecule has 1 amide bonds. The van der Waals surface area contributed by atoms with E-state index in [1.165, 1.54) is 6.07 Å². The number of nitrogens with zero attached hydrogens (tertiary/aromatic N) is 1. The average molecular weight is 260 g/mol. The van der Waals surface area contributed by atoms with E-state index in [9.17, 15) is 9.18 Å². The van der Waals surface area contributed by atoms with Crippen molar-refractivity contribution in [1.29, 1.82) is 0 Å². The summed E-state index contributed by atoms with van der Waals surface area (Å²) in [5.41, 5.74) is 0.375. The summed E-state index contributed by atoms with van der Waals surface area (Å²) in [6.07, 6.45) is 0.412. The van der Waals surface area contributed by atoms with E-state index < -0.39 is 0 Å². The van der Waals surface area contributed by atoms with Gasteiger partial charge in [-0.05, 0) is 12.1 Å². The summed E-state index contributed by atoms with van der Waals surface area (Å²) in [5, 5.41) is 0.397. The summed E-state index contributed by atoms with van der Waals surface area (Å²) in [6, 6.07) is 4.52. The highest BCUT2D eigenvalue weighted by molar-refractivity contribution is 7.81. The molecule has 0 bridgehead atoms. The number of halogens is 2. The van der Waals surface area contributed by atoms with Crippen LogP contribution in [-0.2, 0) is 11.3 Å². The summed E-state index contributed by atoms with van der Waals surface area (Å²) in [5.74, 6) is -0.373. The van der Waals surface area contributed by atoms with Gasteiger partial charge in [-0.25, -0.2) is 4.39 Å². The predicted octanol–water partition coefficient (Wildman–Crippen LogP) is 2.51. The van der Waals surface area contributed by atoms with Crippen molar-refractivity contribution in [2.24, 2.45) is 0 Å². The van der Waals surface area contributed by atoms with Crippen LogP contribution in [0, 0.1) is 5.82 Å². The molecule has 1 atom stereocenters.